The van der Waals surface area contributed by atoms with Gasteiger partial charge in [-0.15, -0.1) is 0 Å². The number of ether oxygens (including phenoxy) is 2. The summed E-state index contributed by atoms with van der Waals surface area (Å²) < 4.78 is 41.3. The summed E-state index contributed by atoms with van der Waals surface area (Å²) in [6.07, 6.45) is 9.76. The average Bonchev–Trinajstić information content (AvgIpc) is 2.54. The van der Waals surface area contributed by atoms with E-state index < -0.39 is 33.7 Å². The second-order valence-electron chi connectivity index (χ2n) is 5.75. The van der Waals surface area contributed by atoms with E-state index in [-0.39, 0.29) is 13.2 Å². The van der Waals surface area contributed by atoms with Crippen molar-refractivity contribution in [3.8, 4) is 0 Å². The molecule has 0 aromatic carbocycles. The van der Waals surface area contributed by atoms with Crippen LogP contribution in [0.5, 0.6) is 0 Å². The van der Waals surface area contributed by atoms with Crippen molar-refractivity contribution in [3.63, 3.8) is 0 Å². The van der Waals surface area contributed by atoms with Gasteiger partial charge in [0.15, 0.2) is 5.25 Å². The van der Waals surface area contributed by atoms with Gasteiger partial charge in [-0.3, -0.25) is 14.1 Å². The highest BCUT2D eigenvalue weighted by atomic mass is 32.2. The number of rotatable bonds is 14. The van der Waals surface area contributed by atoms with Gasteiger partial charge in [0.25, 0.3) is 10.1 Å². The van der Waals surface area contributed by atoms with E-state index >= 15 is 0 Å². The molecule has 146 valence electrons. The van der Waals surface area contributed by atoms with Crippen LogP contribution in [0, 0.1) is 0 Å². The SMILES string of the molecule is C/C=C/COC(=O)C(CC(=O)OCCCCCCCCC)S(=O)(=O)O. The van der Waals surface area contributed by atoms with Gasteiger partial charge in [0.1, 0.15) is 6.61 Å². The summed E-state index contributed by atoms with van der Waals surface area (Å²) in [4.78, 5) is 23.4. The minimum Gasteiger partial charge on any atom is -0.466 e. The molecule has 0 aliphatic carbocycles. The monoisotopic (exact) mass is 378 g/mol. The fraction of sp³-hybridized carbons (Fsp3) is 0.765. The summed E-state index contributed by atoms with van der Waals surface area (Å²) in [5, 5.41) is -1.96. The van der Waals surface area contributed by atoms with Crippen LogP contribution in [0.25, 0.3) is 0 Å². The van der Waals surface area contributed by atoms with Crippen LogP contribution in [0.3, 0.4) is 0 Å². The zero-order valence-corrected chi connectivity index (χ0v) is 15.9. The first-order valence-corrected chi connectivity index (χ1v) is 10.2. The Bertz CT molecular complexity index is 511. The van der Waals surface area contributed by atoms with Crippen molar-refractivity contribution in [2.45, 2.75) is 70.5 Å². The Hall–Kier alpha value is -1.41. The predicted molar refractivity (Wildman–Crippen MR) is 94.7 cm³/mol. The van der Waals surface area contributed by atoms with Crippen molar-refractivity contribution in [2.75, 3.05) is 13.2 Å². The van der Waals surface area contributed by atoms with Crippen LogP contribution in [0.4, 0.5) is 0 Å². The molecule has 0 spiro atoms. The topological polar surface area (TPSA) is 107 Å². The first-order valence-electron chi connectivity index (χ1n) is 8.72. The van der Waals surface area contributed by atoms with Crippen LogP contribution in [0.2, 0.25) is 0 Å². The predicted octanol–water partition coefficient (Wildman–Crippen LogP) is 3.05. The summed E-state index contributed by atoms with van der Waals surface area (Å²) in [6, 6.07) is 0. The molecule has 7 nitrogen and oxygen atoms in total. The molecule has 1 atom stereocenters. The van der Waals surface area contributed by atoms with E-state index in [1.807, 2.05) is 0 Å². The standard InChI is InChI=1S/C17H30O7S/c1-3-5-7-8-9-10-11-13-23-16(18)14-15(25(20,21)22)17(19)24-12-6-4-2/h4,6,15H,3,5,7-14H2,1-2H3,(H,20,21,22)/b6-4+. The molecule has 0 saturated carbocycles. The first kappa shape index (κ1) is 23.6. The number of carbonyl (C=O) groups excluding carboxylic acids is 2. The van der Waals surface area contributed by atoms with Crippen molar-refractivity contribution < 1.29 is 32.0 Å². The van der Waals surface area contributed by atoms with Crippen molar-refractivity contribution in [2.24, 2.45) is 0 Å². The van der Waals surface area contributed by atoms with Crippen molar-refractivity contribution in [3.05, 3.63) is 12.2 Å². The number of allylic oxidation sites excluding steroid dienone is 1. The Kier molecular flexibility index (Phi) is 13.1. The van der Waals surface area contributed by atoms with Gasteiger partial charge in [-0.05, 0) is 13.3 Å². The smallest absolute Gasteiger partial charge is 0.327 e. The number of hydrogen-bond donors (Lipinski definition) is 1. The molecule has 0 aliphatic heterocycles. The third kappa shape index (κ3) is 12.6. The Morgan fingerprint density at radius 1 is 1.04 bits per heavy atom. The fourth-order valence-electron chi connectivity index (χ4n) is 2.09. The maximum absolute atomic E-state index is 11.7. The first-order chi connectivity index (χ1) is 11.8. The van der Waals surface area contributed by atoms with E-state index in [9.17, 15) is 18.0 Å². The number of unbranched alkanes of at least 4 members (excludes halogenated alkanes) is 6. The molecule has 0 radical (unpaired) electrons. The molecule has 0 bridgehead atoms. The molecular weight excluding hydrogens is 348 g/mol. The lowest BCUT2D eigenvalue weighted by molar-refractivity contribution is -0.149. The molecule has 25 heavy (non-hydrogen) atoms. The minimum absolute atomic E-state index is 0.131. The zero-order chi connectivity index (χ0) is 19.1. The largest absolute Gasteiger partial charge is 0.466 e. The Balaban J connectivity index is 4.17. The van der Waals surface area contributed by atoms with Crippen LogP contribution < -0.4 is 0 Å². The van der Waals surface area contributed by atoms with Crippen LogP contribution in [-0.4, -0.2) is 43.4 Å². The van der Waals surface area contributed by atoms with E-state index in [1.54, 1.807) is 13.0 Å². The maximum atomic E-state index is 11.7. The molecule has 0 saturated heterocycles. The quantitative estimate of drug-likeness (QED) is 0.214. The number of hydrogen-bond acceptors (Lipinski definition) is 6. The van der Waals surface area contributed by atoms with Crippen LogP contribution in [0.15, 0.2) is 12.2 Å². The van der Waals surface area contributed by atoms with Gasteiger partial charge in [0.05, 0.1) is 13.0 Å². The van der Waals surface area contributed by atoms with E-state index in [1.165, 1.54) is 25.3 Å². The molecular formula is C17H30O7S. The van der Waals surface area contributed by atoms with Gasteiger partial charge < -0.3 is 9.47 Å². The summed E-state index contributed by atoms with van der Waals surface area (Å²) >= 11 is 0. The van der Waals surface area contributed by atoms with Gasteiger partial charge in [-0.1, -0.05) is 57.6 Å². The normalized spacial score (nSPS) is 12.9. The lowest BCUT2D eigenvalue weighted by Gasteiger charge is -2.12. The highest BCUT2D eigenvalue weighted by Crippen LogP contribution is 2.10. The Morgan fingerprint density at radius 2 is 1.64 bits per heavy atom. The minimum atomic E-state index is -4.74. The second-order valence-corrected chi connectivity index (χ2v) is 7.35. The fourth-order valence-corrected chi connectivity index (χ4v) is 2.74. The van der Waals surface area contributed by atoms with Gasteiger partial charge >= 0.3 is 11.9 Å². The van der Waals surface area contributed by atoms with Crippen molar-refractivity contribution >= 4 is 22.1 Å². The maximum Gasteiger partial charge on any atom is 0.327 e. The van der Waals surface area contributed by atoms with E-state index in [0.717, 1.165) is 19.3 Å². The molecule has 8 heteroatoms. The summed E-state index contributed by atoms with van der Waals surface area (Å²) in [7, 11) is -4.74. The summed E-state index contributed by atoms with van der Waals surface area (Å²) in [5.74, 6) is -2.02. The molecule has 0 aliphatic rings. The molecule has 0 aromatic heterocycles. The third-order valence-corrected chi connectivity index (χ3v) is 4.62. The molecule has 1 unspecified atom stereocenters. The molecule has 1 N–H and O–H groups in total. The molecule has 0 amide bonds. The summed E-state index contributed by atoms with van der Waals surface area (Å²) in [5.41, 5.74) is 0. The van der Waals surface area contributed by atoms with Gasteiger partial charge in [0, 0.05) is 0 Å². The molecule has 0 heterocycles. The van der Waals surface area contributed by atoms with Crippen LogP contribution in [-0.2, 0) is 29.2 Å². The third-order valence-electron chi connectivity index (χ3n) is 3.54. The lowest BCUT2D eigenvalue weighted by Crippen LogP contribution is -2.34. The van der Waals surface area contributed by atoms with E-state index in [2.05, 4.69) is 11.7 Å². The highest BCUT2D eigenvalue weighted by Gasteiger charge is 2.35. The average molecular weight is 378 g/mol. The second kappa shape index (κ2) is 13.8. The van der Waals surface area contributed by atoms with Crippen LogP contribution >= 0.6 is 0 Å². The summed E-state index contributed by atoms with van der Waals surface area (Å²) in [6.45, 7) is 3.89. The van der Waals surface area contributed by atoms with Gasteiger partial charge in [-0.2, -0.15) is 8.42 Å². The van der Waals surface area contributed by atoms with E-state index in [0.29, 0.717) is 6.42 Å². The van der Waals surface area contributed by atoms with Crippen molar-refractivity contribution in [1.29, 1.82) is 0 Å². The highest BCUT2D eigenvalue weighted by molar-refractivity contribution is 7.87. The Labute approximate surface area is 150 Å². The molecule has 0 aromatic rings. The van der Waals surface area contributed by atoms with Gasteiger partial charge in [0.2, 0.25) is 0 Å². The number of carbonyl (C=O) groups is 2. The van der Waals surface area contributed by atoms with Crippen LogP contribution in [0.1, 0.15) is 65.2 Å². The molecule has 0 rings (SSSR count). The van der Waals surface area contributed by atoms with Gasteiger partial charge in [-0.25, -0.2) is 0 Å². The lowest BCUT2D eigenvalue weighted by atomic mass is 10.1. The Morgan fingerprint density at radius 3 is 2.20 bits per heavy atom. The number of esters is 2. The zero-order valence-electron chi connectivity index (χ0n) is 15.1. The van der Waals surface area contributed by atoms with E-state index in [4.69, 9.17) is 9.29 Å². The molecule has 0 fully saturated rings. The van der Waals surface area contributed by atoms with Crippen molar-refractivity contribution in [1.82, 2.24) is 0 Å².